The van der Waals surface area contributed by atoms with Crippen molar-refractivity contribution in [3.8, 4) is 5.75 Å². The van der Waals surface area contributed by atoms with Crippen molar-refractivity contribution < 1.29 is 4.74 Å². The molecule has 1 aromatic rings. The van der Waals surface area contributed by atoms with E-state index in [1.807, 2.05) is 12.1 Å². The highest BCUT2D eigenvalue weighted by molar-refractivity contribution is 5.53. The van der Waals surface area contributed by atoms with Crippen LogP contribution in [0.3, 0.4) is 0 Å². The summed E-state index contributed by atoms with van der Waals surface area (Å²) in [6.07, 6.45) is 3.86. The molecule has 1 fully saturated rings. The van der Waals surface area contributed by atoms with Crippen LogP contribution in [-0.2, 0) is 0 Å². The van der Waals surface area contributed by atoms with Crippen LogP contribution in [0, 0.1) is 5.41 Å². The molecule has 88 valence electrons. The van der Waals surface area contributed by atoms with Crippen LogP contribution in [0.4, 0.5) is 5.69 Å². The molecule has 2 N–H and O–H groups in total. The van der Waals surface area contributed by atoms with Crippen molar-refractivity contribution in [1.29, 1.82) is 0 Å². The van der Waals surface area contributed by atoms with Crippen LogP contribution in [0.2, 0.25) is 0 Å². The molecule has 1 atom stereocenters. The lowest BCUT2D eigenvalue weighted by atomic mass is 9.77. The van der Waals surface area contributed by atoms with Crippen molar-refractivity contribution in [2.75, 3.05) is 12.8 Å². The molecule has 1 aliphatic rings. The van der Waals surface area contributed by atoms with Gasteiger partial charge in [0.1, 0.15) is 5.75 Å². The Morgan fingerprint density at radius 2 is 2.12 bits per heavy atom. The molecule has 1 aliphatic carbocycles. The van der Waals surface area contributed by atoms with E-state index in [2.05, 4.69) is 19.9 Å². The maximum Gasteiger partial charge on any atom is 0.120 e. The molecule has 0 amide bonds. The Morgan fingerprint density at radius 3 is 2.62 bits per heavy atom. The summed E-state index contributed by atoms with van der Waals surface area (Å²) in [5.41, 5.74) is 8.66. The average molecular weight is 219 g/mol. The maximum absolute atomic E-state index is 6.12. The molecule has 2 rings (SSSR count). The first-order valence-electron chi connectivity index (χ1n) is 5.98. The number of hydrogen-bond donors (Lipinski definition) is 1. The first-order chi connectivity index (χ1) is 7.54. The summed E-state index contributed by atoms with van der Waals surface area (Å²) in [6.45, 7) is 4.68. The summed E-state index contributed by atoms with van der Waals surface area (Å²) in [5.74, 6) is 1.44. The summed E-state index contributed by atoms with van der Waals surface area (Å²) < 4.78 is 5.18. The molecular formula is C14H21NO. The smallest absolute Gasteiger partial charge is 0.120 e. The molecule has 0 spiro atoms. The maximum atomic E-state index is 6.12. The van der Waals surface area contributed by atoms with Gasteiger partial charge in [-0.3, -0.25) is 0 Å². The van der Waals surface area contributed by atoms with Crippen LogP contribution < -0.4 is 10.5 Å². The number of ether oxygens (including phenoxy) is 1. The van der Waals surface area contributed by atoms with Crippen LogP contribution in [0.1, 0.15) is 44.6 Å². The molecule has 2 nitrogen and oxygen atoms in total. The molecule has 1 aromatic carbocycles. The molecule has 0 saturated heterocycles. The third-order valence-corrected chi connectivity index (χ3v) is 3.93. The predicted molar refractivity (Wildman–Crippen MR) is 67.8 cm³/mol. The van der Waals surface area contributed by atoms with E-state index >= 15 is 0 Å². The van der Waals surface area contributed by atoms with Gasteiger partial charge in [-0.15, -0.1) is 0 Å². The molecule has 1 saturated carbocycles. The second-order valence-corrected chi connectivity index (χ2v) is 5.43. The van der Waals surface area contributed by atoms with Gasteiger partial charge in [-0.25, -0.2) is 0 Å². The van der Waals surface area contributed by atoms with E-state index in [0.717, 1.165) is 11.4 Å². The van der Waals surface area contributed by atoms with Gasteiger partial charge in [-0.1, -0.05) is 26.3 Å². The zero-order valence-electron chi connectivity index (χ0n) is 10.4. The Kier molecular flexibility index (Phi) is 2.83. The third kappa shape index (κ3) is 1.89. The number of nitrogen functional groups attached to an aromatic ring is 1. The van der Waals surface area contributed by atoms with Gasteiger partial charge in [0.05, 0.1) is 7.11 Å². The Hall–Kier alpha value is -1.18. The molecule has 2 heteroatoms. The molecule has 16 heavy (non-hydrogen) atoms. The van der Waals surface area contributed by atoms with E-state index in [-0.39, 0.29) is 0 Å². The summed E-state index contributed by atoms with van der Waals surface area (Å²) in [7, 11) is 1.67. The topological polar surface area (TPSA) is 35.2 Å². The SMILES string of the molecule is COc1ccc(C2CCCC2(C)C)c(N)c1. The minimum Gasteiger partial charge on any atom is -0.497 e. The van der Waals surface area contributed by atoms with Crippen LogP contribution in [-0.4, -0.2) is 7.11 Å². The number of benzene rings is 1. The first kappa shape index (κ1) is 11.3. The second-order valence-electron chi connectivity index (χ2n) is 5.43. The molecule has 0 heterocycles. The van der Waals surface area contributed by atoms with Crippen LogP contribution >= 0.6 is 0 Å². The minimum atomic E-state index is 0.378. The van der Waals surface area contributed by atoms with E-state index in [0.29, 0.717) is 11.3 Å². The van der Waals surface area contributed by atoms with Crippen molar-refractivity contribution in [3.05, 3.63) is 23.8 Å². The van der Waals surface area contributed by atoms with Gasteiger partial charge < -0.3 is 10.5 Å². The number of nitrogens with two attached hydrogens (primary N) is 1. The first-order valence-corrected chi connectivity index (χ1v) is 5.98. The van der Waals surface area contributed by atoms with Crippen molar-refractivity contribution in [2.45, 2.75) is 39.0 Å². The Bertz CT molecular complexity index is 384. The fourth-order valence-corrected chi connectivity index (χ4v) is 2.90. The standard InChI is InChI=1S/C14H21NO/c1-14(2)8-4-5-12(14)11-7-6-10(16-3)9-13(11)15/h6-7,9,12H,4-5,8,15H2,1-3H3. The van der Waals surface area contributed by atoms with Gasteiger partial charge in [0.25, 0.3) is 0 Å². The highest BCUT2D eigenvalue weighted by atomic mass is 16.5. The fraction of sp³-hybridized carbons (Fsp3) is 0.571. The number of methoxy groups -OCH3 is 1. The molecule has 0 aromatic heterocycles. The van der Waals surface area contributed by atoms with Gasteiger partial charge >= 0.3 is 0 Å². The Labute approximate surface area is 97.8 Å². The minimum absolute atomic E-state index is 0.378. The molecule has 1 unspecified atom stereocenters. The van der Waals surface area contributed by atoms with Crippen molar-refractivity contribution in [3.63, 3.8) is 0 Å². The van der Waals surface area contributed by atoms with E-state index in [1.54, 1.807) is 7.11 Å². The summed E-state index contributed by atoms with van der Waals surface area (Å²) >= 11 is 0. The van der Waals surface area contributed by atoms with E-state index in [4.69, 9.17) is 10.5 Å². The Balaban J connectivity index is 2.34. The van der Waals surface area contributed by atoms with Gasteiger partial charge in [0.2, 0.25) is 0 Å². The predicted octanol–water partition coefficient (Wildman–Crippen LogP) is 3.57. The molecule has 0 aliphatic heterocycles. The van der Waals surface area contributed by atoms with Crippen LogP contribution in [0.25, 0.3) is 0 Å². The summed E-state index contributed by atoms with van der Waals surface area (Å²) in [4.78, 5) is 0. The second kappa shape index (κ2) is 4.00. The molecule has 0 bridgehead atoms. The lowest BCUT2D eigenvalue weighted by Crippen LogP contribution is -2.16. The van der Waals surface area contributed by atoms with E-state index < -0.39 is 0 Å². The van der Waals surface area contributed by atoms with Crippen molar-refractivity contribution in [2.24, 2.45) is 5.41 Å². The number of rotatable bonds is 2. The van der Waals surface area contributed by atoms with Gasteiger partial charge in [0, 0.05) is 11.8 Å². The quantitative estimate of drug-likeness (QED) is 0.772. The van der Waals surface area contributed by atoms with Gasteiger partial charge in [-0.2, -0.15) is 0 Å². The van der Waals surface area contributed by atoms with Crippen LogP contribution in [0.5, 0.6) is 5.75 Å². The van der Waals surface area contributed by atoms with Crippen LogP contribution in [0.15, 0.2) is 18.2 Å². The highest BCUT2D eigenvalue weighted by Gasteiger charge is 2.36. The third-order valence-electron chi connectivity index (χ3n) is 3.93. The zero-order chi connectivity index (χ0) is 11.8. The molecule has 0 radical (unpaired) electrons. The van der Waals surface area contributed by atoms with Gasteiger partial charge in [0.15, 0.2) is 0 Å². The lowest BCUT2D eigenvalue weighted by molar-refractivity contribution is 0.332. The average Bonchev–Trinajstić information content (AvgIpc) is 2.58. The van der Waals surface area contributed by atoms with Crippen molar-refractivity contribution >= 4 is 5.69 Å². The fourth-order valence-electron chi connectivity index (χ4n) is 2.90. The summed E-state index contributed by atoms with van der Waals surface area (Å²) in [5, 5.41) is 0. The lowest BCUT2D eigenvalue weighted by Gasteiger charge is -2.28. The molecular weight excluding hydrogens is 198 g/mol. The Morgan fingerprint density at radius 1 is 1.38 bits per heavy atom. The highest BCUT2D eigenvalue weighted by Crippen LogP contribution is 2.50. The largest absolute Gasteiger partial charge is 0.497 e. The van der Waals surface area contributed by atoms with E-state index in [9.17, 15) is 0 Å². The number of hydrogen-bond acceptors (Lipinski definition) is 2. The van der Waals surface area contributed by atoms with Crippen molar-refractivity contribution in [1.82, 2.24) is 0 Å². The van der Waals surface area contributed by atoms with E-state index in [1.165, 1.54) is 24.8 Å². The monoisotopic (exact) mass is 219 g/mol. The number of anilines is 1. The zero-order valence-corrected chi connectivity index (χ0v) is 10.4. The normalized spacial score (nSPS) is 23.3. The van der Waals surface area contributed by atoms with Gasteiger partial charge in [-0.05, 0) is 35.8 Å². The summed E-state index contributed by atoms with van der Waals surface area (Å²) in [6, 6.07) is 6.08.